The third-order valence-corrected chi connectivity index (χ3v) is 8.02. The highest BCUT2D eigenvalue weighted by Gasteiger charge is 2.51. The molecule has 1 aliphatic carbocycles. The molecule has 184 valence electrons. The number of benzene rings is 2. The highest BCUT2D eigenvalue weighted by atomic mass is 16.5. The lowest BCUT2D eigenvalue weighted by molar-refractivity contribution is -0.437. The van der Waals surface area contributed by atoms with E-state index in [1.54, 1.807) is 7.11 Å². The van der Waals surface area contributed by atoms with Gasteiger partial charge in [-0.15, -0.1) is 0 Å². The zero-order chi connectivity index (χ0) is 24.3. The van der Waals surface area contributed by atoms with E-state index >= 15 is 0 Å². The minimum absolute atomic E-state index is 0.0831. The molecule has 3 aliphatic rings. The maximum atomic E-state index is 5.67. The number of nitrogens with zero attached hydrogens (tertiary/aromatic N) is 2. The van der Waals surface area contributed by atoms with Crippen molar-refractivity contribution in [1.29, 1.82) is 0 Å². The lowest BCUT2D eigenvalue weighted by atomic mass is 9.66. The summed E-state index contributed by atoms with van der Waals surface area (Å²) in [5.74, 6) is 1.42. The van der Waals surface area contributed by atoms with E-state index in [-0.39, 0.29) is 5.41 Å². The molecule has 4 heteroatoms. The normalized spacial score (nSPS) is 24.3. The molecular formula is C31H39N2O2+. The SMILES string of the molecule is CCC[N+]1=C(/C=C/c2ccc(N3CCOCC3)cc2)C(C)(C2C=CCCC2)c2cc(OC)ccc21. The van der Waals surface area contributed by atoms with Crippen molar-refractivity contribution in [3.8, 4) is 5.75 Å². The van der Waals surface area contributed by atoms with E-state index in [4.69, 9.17) is 9.47 Å². The molecule has 0 bridgehead atoms. The van der Waals surface area contributed by atoms with Gasteiger partial charge in [0.05, 0.1) is 25.7 Å². The second kappa shape index (κ2) is 10.4. The topological polar surface area (TPSA) is 24.7 Å². The molecule has 2 aliphatic heterocycles. The van der Waals surface area contributed by atoms with E-state index in [0.29, 0.717) is 5.92 Å². The van der Waals surface area contributed by atoms with Crippen LogP contribution in [0.15, 0.2) is 60.7 Å². The zero-order valence-electron chi connectivity index (χ0n) is 21.5. The molecule has 0 spiro atoms. The average Bonchev–Trinajstić information content (AvgIpc) is 3.16. The van der Waals surface area contributed by atoms with Gasteiger partial charge in [0.2, 0.25) is 5.69 Å². The first kappa shape index (κ1) is 23.9. The monoisotopic (exact) mass is 471 g/mol. The first-order chi connectivity index (χ1) is 17.1. The van der Waals surface area contributed by atoms with Gasteiger partial charge in [-0.1, -0.05) is 31.2 Å². The molecule has 0 N–H and O–H groups in total. The van der Waals surface area contributed by atoms with E-state index in [9.17, 15) is 0 Å². The number of fused-ring (bicyclic) bond motifs is 1. The summed E-state index contributed by atoms with van der Waals surface area (Å²) in [4.78, 5) is 2.40. The van der Waals surface area contributed by atoms with E-state index in [2.05, 4.69) is 90.1 Å². The van der Waals surface area contributed by atoms with Crippen LogP contribution in [0.5, 0.6) is 5.75 Å². The van der Waals surface area contributed by atoms with Crippen LogP contribution in [-0.4, -0.2) is 50.2 Å². The molecule has 2 atom stereocenters. The fourth-order valence-corrected chi connectivity index (χ4v) is 6.05. The molecule has 5 rings (SSSR count). The fraction of sp³-hybridized carbons (Fsp3) is 0.452. The van der Waals surface area contributed by atoms with Crippen molar-refractivity contribution in [2.45, 2.75) is 44.9 Å². The van der Waals surface area contributed by atoms with Crippen molar-refractivity contribution in [3.63, 3.8) is 0 Å². The van der Waals surface area contributed by atoms with Crippen LogP contribution in [0.2, 0.25) is 0 Å². The zero-order valence-corrected chi connectivity index (χ0v) is 21.5. The van der Waals surface area contributed by atoms with Crippen LogP contribution in [0.25, 0.3) is 6.08 Å². The number of hydrogen-bond donors (Lipinski definition) is 0. The maximum absolute atomic E-state index is 5.67. The summed E-state index contributed by atoms with van der Waals surface area (Å²) >= 11 is 0. The lowest BCUT2D eigenvalue weighted by Gasteiger charge is -2.32. The van der Waals surface area contributed by atoms with Crippen molar-refractivity contribution in [1.82, 2.24) is 0 Å². The summed E-state index contributed by atoms with van der Waals surface area (Å²) in [5.41, 5.74) is 6.56. The molecule has 35 heavy (non-hydrogen) atoms. The Labute approximate surface area is 210 Å². The Morgan fingerprint density at radius 1 is 1.11 bits per heavy atom. The Balaban J connectivity index is 1.52. The summed E-state index contributed by atoms with van der Waals surface area (Å²) < 4.78 is 13.7. The molecule has 0 saturated carbocycles. The second-order valence-electron chi connectivity index (χ2n) is 10.1. The smallest absolute Gasteiger partial charge is 0.210 e. The largest absolute Gasteiger partial charge is 0.497 e. The summed E-state index contributed by atoms with van der Waals surface area (Å²) in [6.45, 7) is 9.29. The number of anilines is 1. The van der Waals surface area contributed by atoms with Gasteiger partial charge in [-0.3, -0.25) is 0 Å². The van der Waals surface area contributed by atoms with E-state index in [0.717, 1.165) is 45.0 Å². The van der Waals surface area contributed by atoms with E-state index < -0.39 is 0 Å². The molecule has 1 saturated heterocycles. The number of rotatable bonds is 7. The van der Waals surface area contributed by atoms with E-state index in [1.807, 2.05) is 0 Å². The molecule has 0 radical (unpaired) electrons. The predicted octanol–water partition coefficient (Wildman–Crippen LogP) is 6.37. The van der Waals surface area contributed by atoms with Crippen molar-refractivity contribution >= 4 is 23.2 Å². The third kappa shape index (κ3) is 4.56. The Morgan fingerprint density at radius 3 is 2.60 bits per heavy atom. The van der Waals surface area contributed by atoms with Gasteiger partial charge >= 0.3 is 0 Å². The van der Waals surface area contributed by atoms with Gasteiger partial charge in [0.1, 0.15) is 12.3 Å². The third-order valence-electron chi connectivity index (χ3n) is 8.02. The molecule has 0 aromatic heterocycles. The Bertz CT molecular complexity index is 1130. The van der Waals surface area contributed by atoms with Gasteiger partial charge in [0.15, 0.2) is 5.71 Å². The molecule has 4 nitrogen and oxygen atoms in total. The fourth-order valence-electron chi connectivity index (χ4n) is 6.05. The molecular weight excluding hydrogens is 432 g/mol. The first-order valence-corrected chi connectivity index (χ1v) is 13.3. The highest BCUT2D eigenvalue weighted by molar-refractivity contribution is 6.06. The van der Waals surface area contributed by atoms with Crippen LogP contribution >= 0.6 is 0 Å². The molecule has 1 fully saturated rings. The number of ether oxygens (including phenoxy) is 2. The summed E-state index contributed by atoms with van der Waals surface area (Å²) in [7, 11) is 1.77. The van der Waals surface area contributed by atoms with Crippen LogP contribution in [0.4, 0.5) is 11.4 Å². The number of methoxy groups -OCH3 is 1. The van der Waals surface area contributed by atoms with Gasteiger partial charge < -0.3 is 14.4 Å². The molecule has 2 aromatic carbocycles. The summed E-state index contributed by atoms with van der Waals surface area (Å²) in [6.07, 6.45) is 14.3. The molecule has 2 heterocycles. The minimum atomic E-state index is -0.0831. The molecule has 2 aromatic rings. The number of morpholine rings is 1. The van der Waals surface area contributed by atoms with Crippen LogP contribution < -0.4 is 9.64 Å². The van der Waals surface area contributed by atoms with Crippen molar-refractivity contribution in [2.75, 3.05) is 44.9 Å². The molecule has 2 unspecified atom stereocenters. The van der Waals surface area contributed by atoms with Gasteiger partial charge in [-0.25, -0.2) is 0 Å². The predicted molar refractivity (Wildman–Crippen MR) is 145 cm³/mol. The van der Waals surface area contributed by atoms with Crippen LogP contribution in [0, 0.1) is 5.92 Å². The Hall–Kier alpha value is -2.85. The van der Waals surface area contributed by atoms with Crippen LogP contribution in [-0.2, 0) is 10.2 Å². The standard InChI is InChI=1S/C31H39N2O2/c1-4-18-33-29-16-15-27(34-3)23-28(29)31(2,25-8-6-5-7-9-25)30(33)17-12-24-10-13-26(14-11-24)32-19-21-35-22-20-32/h6,8,10-17,23,25H,4-5,7,9,18-22H2,1-3H3/q+1. The van der Waals surface area contributed by atoms with Gasteiger partial charge in [-0.2, -0.15) is 4.58 Å². The molecule has 0 amide bonds. The van der Waals surface area contributed by atoms with Crippen LogP contribution in [0.1, 0.15) is 50.7 Å². The second-order valence-corrected chi connectivity index (χ2v) is 10.1. The first-order valence-electron chi connectivity index (χ1n) is 13.3. The summed E-state index contributed by atoms with van der Waals surface area (Å²) in [5, 5.41) is 0. The summed E-state index contributed by atoms with van der Waals surface area (Å²) in [6, 6.07) is 15.6. The highest BCUT2D eigenvalue weighted by Crippen LogP contribution is 2.49. The number of allylic oxidation sites excluding steroid dienone is 3. The van der Waals surface area contributed by atoms with Crippen LogP contribution in [0.3, 0.4) is 0 Å². The van der Waals surface area contributed by atoms with Crippen molar-refractivity contribution in [2.24, 2.45) is 5.92 Å². The van der Waals surface area contributed by atoms with Gasteiger partial charge in [0.25, 0.3) is 0 Å². The van der Waals surface area contributed by atoms with Gasteiger partial charge in [-0.05, 0) is 68.0 Å². The Kier molecular flexibility index (Phi) is 7.10. The Morgan fingerprint density at radius 2 is 1.91 bits per heavy atom. The lowest BCUT2D eigenvalue weighted by Crippen LogP contribution is -2.39. The van der Waals surface area contributed by atoms with E-state index in [1.165, 1.54) is 47.5 Å². The van der Waals surface area contributed by atoms with Gasteiger partial charge in [0, 0.05) is 42.9 Å². The van der Waals surface area contributed by atoms with Crippen molar-refractivity contribution < 1.29 is 14.0 Å². The maximum Gasteiger partial charge on any atom is 0.210 e. The average molecular weight is 472 g/mol. The quantitative estimate of drug-likeness (QED) is 0.347. The number of hydrogen-bond acceptors (Lipinski definition) is 3. The minimum Gasteiger partial charge on any atom is -0.497 e. The van der Waals surface area contributed by atoms with Crippen molar-refractivity contribution in [3.05, 3.63) is 71.8 Å².